The molecule has 0 aromatic heterocycles. The second-order valence-corrected chi connectivity index (χ2v) is 10.8. The first-order valence-electron chi connectivity index (χ1n) is 14.5. The van der Waals surface area contributed by atoms with Gasteiger partial charge in [0.05, 0.1) is 0 Å². The number of hydrogen-bond acceptors (Lipinski definition) is 1. The molecule has 1 rings (SSSR count). The van der Waals surface area contributed by atoms with E-state index in [1.165, 1.54) is 154 Å². The third kappa shape index (κ3) is 16.6. The van der Waals surface area contributed by atoms with Crippen LogP contribution in [0.25, 0.3) is 0 Å². The molecule has 0 spiro atoms. The SMILES string of the molecule is CCCCCCC(CCCCCCCCCCCCCCCC(C)C)N1CCCC1. The van der Waals surface area contributed by atoms with Gasteiger partial charge in [0.25, 0.3) is 0 Å². The number of unbranched alkanes of at least 4 members (excludes halogenated alkanes) is 15. The van der Waals surface area contributed by atoms with Crippen LogP contribution in [0.3, 0.4) is 0 Å². The standard InChI is InChI=1S/C29H59N/c1-4-5-6-19-24-29(30-26-21-22-27-30)25-20-17-15-13-11-9-7-8-10-12-14-16-18-23-28(2)3/h28-29H,4-27H2,1-3H3. The molecule has 1 nitrogen and oxygen atoms in total. The highest BCUT2D eigenvalue weighted by atomic mass is 15.2. The van der Waals surface area contributed by atoms with Crippen LogP contribution in [0.2, 0.25) is 0 Å². The van der Waals surface area contributed by atoms with E-state index < -0.39 is 0 Å². The van der Waals surface area contributed by atoms with E-state index in [9.17, 15) is 0 Å². The lowest BCUT2D eigenvalue weighted by molar-refractivity contribution is 0.209. The van der Waals surface area contributed by atoms with E-state index in [0.717, 1.165) is 12.0 Å². The molecule has 180 valence electrons. The zero-order valence-corrected chi connectivity index (χ0v) is 21.6. The maximum Gasteiger partial charge on any atom is 0.00952 e. The maximum absolute atomic E-state index is 2.83. The molecule has 1 fully saturated rings. The Hall–Kier alpha value is -0.0400. The van der Waals surface area contributed by atoms with Crippen LogP contribution in [0.1, 0.15) is 162 Å². The Morgan fingerprint density at radius 1 is 0.500 bits per heavy atom. The predicted octanol–water partition coefficient (Wildman–Crippen LogP) is 9.93. The summed E-state index contributed by atoms with van der Waals surface area (Å²) in [7, 11) is 0. The fourth-order valence-corrected chi connectivity index (χ4v) is 5.30. The fourth-order valence-electron chi connectivity index (χ4n) is 5.30. The van der Waals surface area contributed by atoms with Crippen molar-refractivity contribution in [2.24, 2.45) is 5.92 Å². The number of likely N-dealkylation sites (tertiary alicyclic amines) is 1. The third-order valence-corrected chi connectivity index (χ3v) is 7.37. The molecule has 1 aliphatic rings. The lowest BCUT2D eigenvalue weighted by Crippen LogP contribution is -2.32. The van der Waals surface area contributed by atoms with Crippen LogP contribution >= 0.6 is 0 Å². The molecule has 1 heteroatoms. The molecule has 1 heterocycles. The quantitative estimate of drug-likeness (QED) is 0.157. The molecular formula is C29H59N. The molecular weight excluding hydrogens is 362 g/mol. The molecule has 0 N–H and O–H groups in total. The van der Waals surface area contributed by atoms with Crippen molar-refractivity contribution in [2.45, 2.75) is 168 Å². The summed E-state index contributed by atoms with van der Waals surface area (Å²) in [6.45, 7) is 9.79. The van der Waals surface area contributed by atoms with Crippen molar-refractivity contribution in [3.63, 3.8) is 0 Å². The van der Waals surface area contributed by atoms with Crippen molar-refractivity contribution < 1.29 is 0 Å². The van der Waals surface area contributed by atoms with Crippen molar-refractivity contribution in [3.05, 3.63) is 0 Å². The second-order valence-electron chi connectivity index (χ2n) is 10.8. The first-order valence-corrected chi connectivity index (χ1v) is 14.5. The third-order valence-electron chi connectivity index (χ3n) is 7.37. The minimum Gasteiger partial charge on any atom is -0.300 e. The van der Waals surface area contributed by atoms with Gasteiger partial charge in [-0.25, -0.2) is 0 Å². The van der Waals surface area contributed by atoms with Gasteiger partial charge in [0.1, 0.15) is 0 Å². The molecule has 1 aliphatic heterocycles. The Morgan fingerprint density at radius 2 is 0.867 bits per heavy atom. The first kappa shape index (κ1) is 28.0. The van der Waals surface area contributed by atoms with E-state index >= 15 is 0 Å². The van der Waals surface area contributed by atoms with Gasteiger partial charge < -0.3 is 4.90 Å². The molecule has 0 amide bonds. The van der Waals surface area contributed by atoms with E-state index in [2.05, 4.69) is 25.7 Å². The Balaban J connectivity index is 1.87. The molecule has 1 unspecified atom stereocenters. The number of rotatable bonds is 22. The summed E-state index contributed by atoms with van der Waals surface area (Å²) in [6.07, 6.45) is 32.2. The van der Waals surface area contributed by atoms with Crippen LogP contribution in [0.4, 0.5) is 0 Å². The summed E-state index contributed by atoms with van der Waals surface area (Å²) in [6, 6.07) is 0.912. The Bertz CT molecular complexity index is 331. The summed E-state index contributed by atoms with van der Waals surface area (Å²) in [5, 5.41) is 0. The Labute approximate surface area is 192 Å². The highest BCUT2D eigenvalue weighted by Crippen LogP contribution is 2.22. The van der Waals surface area contributed by atoms with Crippen LogP contribution < -0.4 is 0 Å². The average molecular weight is 422 g/mol. The Kier molecular flexibility index (Phi) is 19.4. The number of nitrogens with zero attached hydrogens (tertiary/aromatic N) is 1. The van der Waals surface area contributed by atoms with E-state index in [1.807, 2.05) is 0 Å². The molecule has 0 aromatic rings. The minimum absolute atomic E-state index is 0.895. The van der Waals surface area contributed by atoms with Crippen molar-refractivity contribution >= 4 is 0 Å². The topological polar surface area (TPSA) is 3.24 Å². The lowest BCUT2D eigenvalue weighted by atomic mass is 9.99. The predicted molar refractivity (Wildman–Crippen MR) is 137 cm³/mol. The van der Waals surface area contributed by atoms with Crippen LogP contribution in [0.15, 0.2) is 0 Å². The second kappa shape index (κ2) is 20.8. The zero-order valence-electron chi connectivity index (χ0n) is 21.6. The molecule has 0 bridgehead atoms. The fraction of sp³-hybridized carbons (Fsp3) is 1.00. The van der Waals surface area contributed by atoms with Gasteiger partial charge in [-0.15, -0.1) is 0 Å². The monoisotopic (exact) mass is 421 g/mol. The summed E-state index contributed by atoms with van der Waals surface area (Å²) >= 11 is 0. The smallest absolute Gasteiger partial charge is 0.00952 e. The van der Waals surface area contributed by atoms with Gasteiger partial charge >= 0.3 is 0 Å². The van der Waals surface area contributed by atoms with Crippen LogP contribution in [0.5, 0.6) is 0 Å². The van der Waals surface area contributed by atoms with Gasteiger partial charge in [-0.05, 0) is 44.7 Å². The van der Waals surface area contributed by atoms with Gasteiger partial charge in [-0.1, -0.05) is 136 Å². The minimum atomic E-state index is 0.895. The summed E-state index contributed by atoms with van der Waals surface area (Å²) in [5.41, 5.74) is 0. The maximum atomic E-state index is 2.83. The van der Waals surface area contributed by atoms with Crippen molar-refractivity contribution in [1.82, 2.24) is 4.90 Å². The summed E-state index contributed by atoms with van der Waals surface area (Å²) in [5.74, 6) is 0.895. The Morgan fingerprint density at radius 3 is 1.27 bits per heavy atom. The highest BCUT2D eigenvalue weighted by molar-refractivity contribution is 4.76. The molecule has 0 aromatic carbocycles. The van der Waals surface area contributed by atoms with Crippen molar-refractivity contribution in [1.29, 1.82) is 0 Å². The number of hydrogen-bond donors (Lipinski definition) is 0. The highest BCUT2D eigenvalue weighted by Gasteiger charge is 2.20. The van der Waals surface area contributed by atoms with E-state index in [0.29, 0.717) is 0 Å². The van der Waals surface area contributed by atoms with Crippen molar-refractivity contribution in [2.75, 3.05) is 13.1 Å². The van der Waals surface area contributed by atoms with E-state index in [1.54, 1.807) is 0 Å². The largest absolute Gasteiger partial charge is 0.300 e. The van der Waals surface area contributed by atoms with Crippen LogP contribution in [0, 0.1) is 5.92 Å². The molecule has 0 saturated carbocycles. The first-order chi connectivity index (χ1) is 14.7. The molecule has 1 saturated heterocycles. The van der Waals surface area contributed by atoms with Gasteiger partial charge in [0.15, 0.2) is 0 Å². The summed E-state index contributed by atoms with van der Waals surface area (Å²) in [4.78, 5) is 2.83. The zero-order chi connectivity index (χ0) is 21.7. The van der Waals surface area contributed by atoms with Crippen LogP contribution in [-0.2, 0) is 0 Å². The van der Waals surface area contributed by atoms with Crippen molar-refractivity contribution in [3.8, 4) is 0 Å². The van der Waals surface area contributed by atoms with Gasteiger partial charge in [-0.2, -0.15) is 0 Å². The van der Waals surface area contributed by atoms with E-state index in [4.69, 9.17) is 0 Å². The molecule has 0 radical (unpaired) electrons. The van der Waals surface area contributed by atoms with E-state index in [-0.39, 0.29) is 0 Å². The van der Waals surface area contributed by atoms with Gasteiger partial charge in [0, 0.05) is 6.04 Å². The normalized spacial score (nSPS) is 16.0. The van der Waals surface area contributed by atoms with Crippen LogP contribution in [-0.4, -0.2) is 24.0 Å². The summed E-state index contributed by atoms with van der Waals surface area (Å²) < 4.78 is 0. The average Bonchev–Trinajstić information content (AvgIpc) is 3.27. The molecule has 30 heavy (non-hydrogen) atoms. The molecule has 0 aliphatic carbocycles. The van der Waals surface area contributed by atoms with Gasteiger partial charge in [-0.3, -0.25) is 0 Å². The van der Waals surface area contributed by atoms with Gasteiger partial charge in [0.2, 0.25) is 0 Å². The lowest BCUT2D eigenvalue weighted by Gasteiger charge is -2.27. The molecule has 1 atom stereocenters.